The predicted molar refractivity (Wildman–Crippen MR) is 52.6 cm³/mol. The van der Waals surface area contributed by atoms with Gasteiger partial charge in [-0.05, 0) is 15.7 Å². The highest BCUT2D eigenvalue weighted by molar-refractivity contribution is 14.2. The van der Waals surface area contributed by atoms with Crippen molar-refractivity contribution in [3.63, 3.8) is 0 Å². The van der Waals surface area contributed by atoms with Crippen molar-refractivity contribution in [2.45, 2.75) is 0 Å². The lowest BCUT2D eigenvalue weighted by atomic mass is 10.3. The summed E-state index contributed by atoms with van der Waals surface area (Å²) < 4.78 is 7.51. The quantitative estimate of drug-likeness (QED) is 0.517. The molecule has 0 saturated carbocycles. The van der Waals surface area contributed by atoms with E-state index in [0.717, 1.165) is 4.43 Å². The highest BCUT2D eigenvalue weighted by atomic mass is 127. The first kappa shape index (κ1) is 6.85. The number of nitrogens with zero attached hydrogens (tertiary/aromatic N) is 1. The average Bonchev–Trinajstić information content (AvgIpc) is 1.90. The Morgan fingerprint density at radius 2 is 2.62 bits per heavy atom. The summed E-state index contributed by atoms with van der Waals surface area (Å²) in [4.78, 5) is 0. The second kappa shape index (κ2) is 3.71. The summed E-state index contributed by atoms with van der Waals surface area (Å²) in [5.74, 6) is 0. The fourth-order valence-electron chi connectivity index (χ4n) is 0.357. The molecule has 1 aliphatic rings. The Bertz CT molecular complexity index is 158. The first-order valence-corrected chi connectivity index (χ1v) is 5.91. The van der Waals surface area contributed by atoms with E-state index in [1.54, 1.807) is 0 Å². The molecule has 44 valence electrons. The van der Waals surface area contributed by atoms with Crippen LogP contribution in [-0.4, -0.2) is 4.43 Å². The van der Waals surface area contributed by atoms with E-state index < -0.39 is 0 Å². The molecule has 3 heteroatoms. The van der Waals surface area contributed by atoms with Gasteiger partial charge in [-0.3, -0.25) is 0 Å². The third kappa shape index (κ3) is 1.93. The molecule has 0 fully saturated rings. The van der Waals surface area contributed by atoms with Crippen LogP contribution in [0.1, 0.15) is 0 Å². The smallest absolute Gasteiger partial charge is 0.0332 e. The zero-order chi connectivity index (χ0) is 5.82. The van der Waals surface area contributed by atoms with E-state index in [1.165, 1.54) is 5.57 Å². The summed E-state index contributed by atoms with van der Waals surface area (Å²) in [5.41, 5.74) is 1.44. The summed E-state index contributed by atoms with van der Waals surface area (Å²) in [7, 11) is 0. The van der Waals surface area contributed by atoms with Crippen LogP contribution in [0.4, 0.5) is 0 Å². The number of hydrogen-bond donors (Lipinski definition) is 0. The molecule has 0 unspecified atom stereocenters. The summed E-state index contributed by atoms with van der Waals surface area (Å²) in [6, 6.07) is 0. The molecule has 1 heterocycles. The highest BCUT2D eigenvalue weighted by Crippen LogP contribution is 2.16. The molecule has 0 spiro atoms. The zero-order valence-corrected chi connectivity index (χ0v) is 8.46. The first-order chi connectivity index (χ1) is 3.93. The van der Waals surface area contributed by atoms with Crippen molar-refractivity contribution >= 4 is 43.6 Å². The van der Waals surface area contributed by atoms with Crippen molar-refractivity contribution in [2.75, 3.05) is 4.43 Å². The van der Waals surface area contributed by atoms with Gasteiger partial charge in [0.1, 0.15) is 0 Å². The Hall–Kier alpha value is 0.740. The Morgan fingerprint density at radius 3 is 3.00 bits per heavy atom. The van der Waals surface area contributed by atoms with Crippen molar-refractivity contribution in [3.05, 3.63) is 21.9 Å². The van der Waals surface area contributed by atoms with Crippen LogP contribution in [0.3, 0.4) is 0 Å². The van der Waals surface area contributed by atoms with Crippen molar-refractivity contribution in [2.24, 2.45) is 3.15 Å². The molecular weight excluding hydrogens is 328 g/mol. The summed E-state index contributed by atoms with van der Waals surface area (Å²) in [6.07, 6.45) is 4.00. The van der Waals surface area contributed by atoms with Gasteiger partial charge in [0.05, 0.1) is 0 Å². The topological polar surface area (TPSA) is 12.4 Å². The molecule has 0 bridgehead atoms. The van der Waals surface area contributed by atoms with Gasteiger partial charge in [-0.1, -0.05) is 22.6 Å². The molecule has 8 heavy (non-hydrogen) atoms. The third-order valence-electron chi connectivity index (χ3n) is 0.745. The summed E-state index contributed by atoms with van der Waals surface area (Å²) in [5, 5.41) is 0. The highest BCUT2D eigenvalue weighted by Gasteiger charge is 1.88. The Labute approximate surface area is 72.5 Å². The molecule has 1 nitrogen and oxygen atoms in total. The fourth-order valence-corrected chi connectivity index (χ4v) is 2.97. The molecular formula is C5H5I2N. The van der Waals surface area contributed by atoms with Gasteiger partial charge in [-0.2, -0.15) is 0 Å². The zero-order valence-electron chi connectivity index (χ0n) is 4.14. The minimum Gasteiger partial charge on any atom is -0.230 e. The van der Waals surface area contributed by atoms with Gasteiger partial charge in [0.2, 0.25) is 0 Å². The summed E-state index contributed by atoms with van der Waals surface area (Å²) in [6.45, 7) is 0. The molecule has 1 rings (SSSR count). The number of allylic oxidation sites excluding steroid dienone is 2. The third-order valence-corrected chi connectivity index (χ3v) is 3.35. The number of hydrogen-bond acceptors (Lipinski definition) is 1. The standard InChI is InChI=1S/C5H5I2N/c6-3-5-1-2-8-7-4-5/h1-2,4H,3H2. The maximum absolute atomic E-state index is 4.12. The first-order valence-electron chi connectivity index (χ1n) is 2.18. The van der Waals surface area contributed by atoms with E-state index in [4.69, 9.17) is 0 Å². The second-order valence-electron chi connectivity index (χ2n) is 1.33. The lowest BCUT2D eigenvalue weighted by molar-refractivity contribution is 1.55. The molecule has 0 aromatic heterocycles. The fraction of sp³-hybridized carbons (Fsp3) is 0.200. The molecule has 0 radical (unpaired) electrons. The molecule has 0 amide bonds. The maximum Gasteiger partial charge on any atom is 0.0332 e. The lowest BCUT2D eigenvalue weighted by Gasteiger charge is -1.92. The predicted octanol–water partition coefficient (Wildman–Crippen LogP) is 2.99. The number of halogens is 2. The largest absolute Gasteiger partial charge is 0.230 e. The number of rotatable bonds is 1. The van der Waals surface area contributed by atoms with Gasteiger partial charge in [0, 0.05) is 31.7 Å². The maximum atomic E-state index is 4.12. The molecule has 0 aromatic rings. The van der Waals surface area contributed by atoms with Crippen LogP contribution in [0.5, 0.6) is 0 Å². The van der Waals surface area contributed by atoms with E-state index in [0.29, 0.717) is 0 Å². The van der Waals surface area contributed by atoms with Crippen LogP contribution in [0.25, 0.3) is 0 Å². The van der Waals surface area contributed by atoms with Gasteiger partial charge in [0.15, 0.2) is 0 Å². The van der Waals surface area contributed by atoms with E-state index in [1.807, 2.05) is 6.20 Å². The monoisotopic (exact) mass is 333 g/mol. The SMILES string of the molecule is ICC1=CI=NC=C1. The van der Waals surface area contributed by atoms with Gasteiger partial charge < -0.3 is 0 Å². The molecule has 0 saturated heterocycles. The van der Waals surface area contributed by atoms with Crippen molar-refractivity contribution < 1.29 is 0 Å². The van der Waals surface area contributed by atoms with Crippen LogP contribution in [-0.2, 0) is 0 Å². The van der Waals surface area contributed by atoms with Crippen molar-refractivity contribution in [1.82, 2.24) is 0 Å². The summed E-state index contributed by atoms with van der Waals surface area (Å²) >= 11 is 2.40. The van der Waals surface area contributed by atoms with Crippen LogP contribution in [0, 0.1) is 0 Å². The molecule has 0 aliphatic carbocycles. The van der Waals surface area contributed by atoms with E-state index in [2.05, 4.69) is 35.9 Å². The van der Waals surface area contributed by atoms with E-state index >= 15 is 0 Å². The normalized spacial score (nSPS) is 17.4. The van der Waals surface area contributed by atoms with Crippen LogP contribution < -0.4 is 0 Å². The van der Waals surface area contributed by atoms with Gasteiger partial charge in [0.25, 0.3) is 0 Å². The van der Waals surface area contributed by atoms with Crippen LogP contribution in [0.2, 0.25) is 0 Å². The van der Waals surface area contributed by atoms with Crippen LogP contribution in [0.15, 0.2) is 25.1 Å². The van der Waals surface area contributed by atoms with Gasteiger partial charge in [-0.15, -0.1) is 0 Å². The van der Waals surface area contributed by atoms with Crippen molar-refractivity contribution in [1.29, 1.82) is 0 Å². The molecule has 1 aliphatic heterocycles. The van der Waals surface area contributed by atoms with Gasteiger partial charge in [-0.25, -0.2) is 3.15 Å². The minimum absolute atomic E-state index is 0.0395. The Morgan fingerprint density at radius 1 is 1.75 bits per heavy atom. The Kier molecular flexibility index (Phi) is 3.18. The molecule has 0 N–H and O–H groups in total. The minimum atomic E-state index is 0.0395. The molecule has 0 atom stereocenters. The van der Waals surface area contributed by atoms with Gasteiger partial charge >= 0.3 is 0 Å². The Balaban J connectivity index is 2.68. The molecule has 0 aromatic carbocycles. The average molecular weight is 333 g/mol. The second-order valence-corrected chi connectivity index (χ2v) is 3.83. The number of alkyl halides is 1. The van der Waals surface area contributed by atoms with Crippen LogP contribution >= 0.6 is 43.6 Å². The van der Waals surface area contributed by atoms with E-state index in [-0.39, 0.29) is 21.0 Å². The van der Waals surface area contributed by atoms with E-state index in [9.17, 15) is 0 Å². The lowest BCUT2D eigenvalue weighted by Crippen LogP contribution is -1.75. The van der Waals surface area contributed by atoms with Crippen molar-refractivity contribution in [3.8, 4) is 0 Å².